The summed E-state index contributed by atoms with van der Waals surface area (Å²) in [5.41, 5.74) is 2.77. The number of pyridine rings is 1. The number of methoxy groups -OCH3 is 1. The van der Waals surface area contributed by atoms with Crippen LogP contribution in [-0.4, -0.2) is 36.8 Å². The van der Waals surface area contributed by atoms with Crippen LogP contribution in [0.15, 0.2) is 70.8 Å². The molecule has 0 aliphatic rings. The number of anilines is 1. The smallest absolute Gasteiger partial charge is 0.316 e. The van der Waals surface area contributed by atoms with Gasteiger partial charge in [0.2, 0.25) is 0 Å². The fraction of sp³-hybridized carbons (Fsp3) is 0.167. The lowest BCUT2D eigenvalue weighted by molar-refractivity contribution is 0.380. The fourth-order valence-electron chi connectivity index (χ4n) is 3.89. The zero-order valence-electron chi connectivity index (χ0n) is 18.8. The summed E-state index contributed by atoms with van der Waals surface area (Å²) in [6.45, 7) is 3.88. The van der Waals surface area contributed by atoms with E-state index in [4.69, 9.17) is 9.26 Å². The van der Waals surface area contributed by atoms with E-state index in [9.17, 15) is 4.79 Å². The van der Waals surface area contributed by atoms with Crippen LogP contribution in [-0.2, 0) is 0 Å². The van der Waals surface area contributed by atoms with Crippen LogP contribution in [0.3, 0.4) is 0 Å². The fourth-order valence-corrected chi connectivity index (χ4v) is 3.89. The Balaban J connectivity index is 1.71. The first-order valence-electron chi connectivity index (χ1n) is 10.6. The molecule has 4 heterocycles. The molecule has 0 saturated carbocycles. The first-order valence-corrected chi connectivity index (χ1v) is 10.6. The number of rotatable bonds is 6. The summed E-state index contributed by atoms with van der Waals surface area (Å²) in [5, 5.41) is 8.72. The van der Waals surface area contributed by atoms with Crippen molar-refractivity contribution in [2.45, 2.75) is 19.9 Å². The molecular formula is C24H21N7O3. The standard InChI is InChI=1S/C24H21N7O3/c1-14-10-25-13-28-22(14)29-15(2)19-9-16-5-4-6-18(17-11-26-24(33-3)27-12-17)21(16)23(32)31(19)20-7-8-34-30-20/h4-13,15H,1-3H3,(H,25,28,29)/t15-/m0/s1. The monoisotopic (exact) mass is 455 g/mol. The minimum Gasteiger partial charge on any atom is -0.467 e. The summed E-state index contributed by atoms with van der Waals surface area (Å²) >= 11 is 0. The third-order valence-electron chi connectivity index (χ3n) is 5.54. The van der Waals surface area contributed by atoms with E-state index in [1.165, 1.54) is 19.7 Å². The summed E-state index contributed by atoms with van der Waals surface area (Å²) in [4.78, 5) is 30.7. The van der Waals surface area contributed by atoms with E-state index >= 15 is 0 Å². The van der Waals surface area contributed by atoms with Crippen molar-refractivity contribution >= 4 is 16.6 Å². The van der Waals surface area contributed by atoms with Gasteiger partial charge in [-0.3, -0.25) is 9.36 Å². The van der Waals surface area contributed by atoms with Gasteiger partial charge >= 0.3 is 6.01 Å². The van der Waals surface area contributed by atoms with Crippen LogP contribution >= 0.6 is 0 Å². The van der Waals surface area contributed by atoms with Gasteiger partial charge in [0, 0.05) is 35.8 Å². The second-order valence-corrected chi connectivity index (χ2v) is 7.72. The van der Waals surface area contributed by atoms with Gasteiger partial charge in [-0.05, 0) is 30.9 Å². The molecule has 1 atom stereocenters. The molecule has 0 saturated heterocycles. The molecule has 1 N–H and O–H groups in total. The highest BCUT2D eigenvalue weighted by atomic mass is 16.5. The van der Waals surface area contributed by atoms with Gasteiger partial charge in [-0.2, -0.15) is 0 Å². The molecule has 0 unspecified atom stereocenters. The number of fused-ring (bicyclic) bond motifs is 1. The lowest BCUT2D eigenvalue weighted by Crippen LogP contribution is -2.26. The number of benzene rings is 1. The predicted octanol–water partition coefficient (Wildman–Crippen LogP) is 3.72. The van der Waals surface area contributed by atoms with Gasteiger partial charge in [0.1, 0.15) is 18.4 Å². The second-order valence-electron chi connectivity index (χ2n) is 7.72. The van der Waals surface area contributed by atoms with Crippen LogP contribution in [0.1, 0.15) is 24.2 Å². The van der Waals surface area contributed by atoms with E-state index in [1.807, 2.05) is 38.1 Å². The Morgan fingerprint density at radius 1 is 1.12 bits per heavy atom. The Morgan fingerprint density at radius 2 is 1.94 bits per heavy atom. The highest BCUT2D eigenvalue weighted by molar-refractivity contribution is 5.96. The Labute approximate surface area is 194 Å². The predicted molar refractivity (Wildman–Crippen MR) is 126 cm³/mol. The SMILES string of the molecule is COc1ncc(-c2cccc3cc([C@H](C)Nc4ncncc4C)n(-c4ccon4)c(=O)c23)cn1. The van der Waals surface area contributed by atoms with Crippen LogP contribution in [0.5, 0.6) is 6.01 Å². The number of hydrogen-bond donors (Lipinski definition) is 1. The number of hydrogen-bond acceptors (Lipinski definition) is 9. The largest absolute Gasteiger partial charge is 0.467 e. The molecule has 1 aromatic carbocycles. The lowest BCUT2D eigenvalue weighted by Gasteiger charge is -2.21. The van der Waals surface area contributed by atoms with Crippen molar-refractivity contribution in [3.63, 3.8) is 0 Å². The molecule has 10 heteroatoms. The van der Waals surface area contributed by atoms with Crippen molar-refractivity contribution in [3.8, 4) is 23.0 Å². The zero-order chi connectivity index (χ0) is 23.7. The molecule has 0 aliphatic heterocycles. The number of ether oxygens (including phenoxy) is 1. The number of aryl methyl sites for hydroxylation is 1. The van der Waals surface area contributed by atoms with E-state index in [2.05, 4.69) is 30.4 Å². The molecule has 170 valence electrons. The minimum atomic E-state index is -0.282. The quantitative estimate of drug-likeness (QED) is 0.408. The average molecular weight is 455 g/mol. The van der Waals surface area contributed by atoms with Crippen LogP contribution in [0.2, 0.25) is 0 Å². The normalized spacial score (nSPS) is 12.0. The van der Waals surface area contributed by atoms with Crippen LogP contribution in [0.25, 0.3) is 27.7 Å². The Kier molecular flexibility index (Phi) is 5.46. The average Bonchev–Trinajstić information content (AvgIpc) is 3.39. The Hall–Kier alpha value is -4.60. The molecule has 0 bridgehead atoms. The third-order valence-corrected chi connectivity index (χ3v) is 5.54. The van der Waals surface area contributed by atoms with Crippen molar-refractivity contribution in [1.82, 2.24) is 29.7 Å². The van der Waals surface area contributed by atoms with Crippen LogP contribution in [0.4, 0.5) is 5.82 Å². The molecule has 4 aromatic heterocycles. The summed E-state index contributed by atoms with van der Waals surface area (Å²) in [6, 6.07) is 9.27. The first kappa shape index (κ1) is 21.3. The van der Waals surface area contributed by atoms with Gasteiger partial charge in [0.15, 0.2) is 5.82 Å². The molecule has 34 heavy (non-hydrogen) atoms. The maximum Gasteiger partial charge on any atom is 0.316 e. The van der Waals surface area contributed by atoms with E-state index in [0.29, 0.717) is 33.8 Å². The van der Waals surface area contributed by atoms with Crippen molar-refractivity contribution in [2.24, 2.45) is 0 Å². The van der Waals surface area contributed by atoms with Crippen molar-refractivity contribution in [1.29, 1.82) is 0 Å². The molecule has 10 nitrogen and oxygen atoms in total. The summed E-state index contributed by atoms with van der Waals surface area (Å²) < 4.78 is 11.7. The third kappa shape index (κ3) is 3.75. The molecule has 0 spiro atoms. The molecule has 0 amide bonds. The number of aromatic nitrogens is 6. The highest BCUT2D eigenvalue weighted by Gasteiger charge is 2.20. The van der Waals surface area contributed by atoms with E-state index in [0.717, 1.165) is 10.9 Å². The maximum absolute atomic E-state index is 14.0. The van der Waals surface area contributed by atoms with E-state index in [1.54, 1.807) is 29.2 Å². The first-order chi connectivity index (χ1) is 16.6. The molecule has 0 aliphatic carbocycles. The van der Waals surface area contributed by atoms with Crippen LogP contribution in [0, 0.1) is 6.92 Å². The number of nitrogens with zero attached hydrogens (tertiary/aromatic N) is 6. The van der Waals surface area contributed by atoms with Gasteiger partial charge in [0.05, 0.1) is 24.2 Å². The molecular weight excluding hydrogens is 434 g/mol. The van der Waals surface area contributed by atoms with Crippen LogP contribution < -0.4 is 15.6 Å². The van der Waals surface area contributed by atoms with Crippen molar-refractivity contribution in [2.75, 3.05) is 12.4 Å². The zero-order valence-corrected chi connectivity index (χ0v) is 18.8. The molecule has 0 fully saturated rings. The number of nitrogens with one attached hydrogen (secondary N) is 1. The van der Waals surface area contributed by atoms with E-state index in [-0.39, 0.29) is 17.6 Å². The summed E-state index contributed by atoms with van der Waals surface area (Å²) in [7, 11) is 1.50. The Morgan fingerprint density at radius 3 is 2.65 bits per heavy atom. The van der Waals surface area contributed by atoms with Gasteiger partial charge < -0.3 is 14.6 Å². The topological polar surface area (TPSA) is 121 Å². The second kappa shape index (κ2) is 8.74. The van der Waals surface area contributed by atoms with Gasteiger partial charge in [-0.25, -0.2) is 19.9 Å². The Bertz CT molecular complexity index is 1510. The van der Waals surface area contributed by atoms with Gasteiger partial charge in [-0.15, -0.1) is 0 Å². The minimum absolute atomic E-state index is 0.235. The van der Waals surface area contributed by atoms with Crippen molar-refractivity contribution < 1.29 is 9.26 Å². The molecule has 0 radical (unpaired) electrons. The van der Waals surface area contributed by atoms with Gasteiger partial charge in [-0.1, -0.05) is 23.4 Å². The summed E-state index contributed by atoms with van der Waals surface area (Å²) in [5.74, 6) is 1.07. The molecule has 5 aromatic rings. The highest BCUT2D eigenvalue weighted by Crippen LogP contribution is 2.29. The maximum atomic E-state index is 14.0. The lowest BCUT2D eigenvalue weighted by atomic mass is 9.99. The van der Waals surface area contributed by atoms with Gasteiger partial charge in [0.25, 0.3) is 5.56 Å². The van der Waals surface area contributed by atoms with E-state index < -0.39 is 0 Å². The molecule has 5 rings (SSSR count). The van der Waals surface area contributed by atoms with Crippen molar-refractivity contribution in [3.05, 3.63) is 83.1 Å². The summed E-state index contributed by atoms with van der Waals surface area (Å²) in [6.07, 6.45) is 7.92.